The van der Waals surface area contributed by atoms with Crippen molar-refractivity contribution >= 4 is 13.8 Å². The van der Waals surface area contributed by atoms with Gasteiger partial charge in [0.25, 0.3) is 0 Å². The lowest BCUT2D eigenvalue weighted by Gasteiger charge is -2.25. The Balaban J connectivity index is 2.78. The Morgan fingerprint density at radius 3 is 2.19 bits per heavy atom. The number of hydrogen-bond donors (Lipinski definition) is 2. The fourth-order valence-electron chi connectivity index (χ4n) is 1.59. The normalized spacial score (nSPS) is 15.6. The molecule has 0 heterocycles. The highest BCUT2D eigenvalue weighted by atomic mass is 31.2. The quantitative estimate of drug-likeness (QED) is 0.598. The summed E-state index contributed by atoms with van der Waals surface area (Å²) in [7, 11) is -2.97. The van der Waals surface area contributed by atoms with E-state index in [1.807, 2.05) is 32.0 Å². The number of ether oxygens (including phenoxy) is 1. The summed E-state index contributed by atoms with van der Waals surface area (Å²) in [6.45, 7) is 8.94. The van der Waals surface area contributed by atoms with E-state index in [1.54, 1.807) is 32.9 Å². The second-order valence-corrected chi connectivity index (χ2v) is 8.18. The van der Waals surface area contributed by atoms with Crippen LogP contribution in [-0.2, 0) is 9.53 Å². The molecule has 5 nitrogen and oxygen atoms in total. The number of benzene rings is 1. The number of carbonyl (C=O) groups is 1. The molecule has 0 saturated carbocycles. The summed E-state index contributed by atoms with van der Waals surface area (Å²) in [5.41, 5.74) is -0.160. The lowest BCUT2D eigenvalue weighted by Crippen LogP contribution is -2.40. The van der Waals surface area contributed by atoms with Gasteiger partial charge in [0.1, 0.15) is 11.7 Å². The molecule has 0 aliphatic rings. The van der Waals surface area contributed by atoms with Crippen LogP contribution in [0.3, 0.4) is 0 Å². The van der Waals surface area contributed by atoms with Gasteiger partial charge in [0.2, 0.25) is 0 Å². The van der Waals surface area contributed by atoms with E-state index in [1.165, 1.54) is 0 Å². The monoisotopic (exact) mass is 314 g/mol. The Morgan fingerprint density at radius 2 is 1.71 bits per heavy atom. The molecule has 1 rings (SSSR count). The van der Waals surface area contributed by atoms with Crippen LogP contribution in [0.2, 0.25) is 0 Å². The molecular formula is C15H25NO4P+. The average molecular weight is 314 g/mol. The minimum atomic E-state index is -2.97. The summed E-state index contributed by atoms with van der Waals surface area (Å²) in [5.74, 6) is 0.166. The van der Waals surface area contributed by atoms with Crippen molar-refractivity contribution in [2.24, 2.45) is 0 Å². The van der Waals surface area contributed by atoms with Gasteiger partial charge in [0.15, 0.2) is 5.75 Å². The van der Waals surface area contributed by atoms with Gasteiger partial charge in [0, 0.05) is 0 Å². The third kappa shape index (κ3) is 5.62. The molecule has 1 aromatic carbocycles. The van der Waals surface area contributed by atoms with Crippen LogP contribution < -0.4 is 9.61 Å². The zero-order valence-electron chi connectivity index (χ0n) is 13.2. The molecule has 0 fully saturated rings. The van der Waals surface area contributed by atoms with Crippen molar-refractivity contribution in [1.82, 2.24) is 5.09 Å². The molecule has 0 aliphatic carbocycles. The average Bonchev–Trinajstić information content (AvgIpc) is 2.38. The number of carbonyl (C=O) groups excluding carboxylic acids is 1. The first-order valence-corrected chi connectivity index (χ1v) is 8.82. The predicted molar refractivity (Wildman–Crippen MR) is 85.2 cm³/mol. The Bertz CT molecular complexity index is 452. The molecule has 6 heteroatoms. The van der Waals surface area contributed by atoms with Crippen molar-refractivity contribution in [1.29, 1.82) is 0 Å². The maximum Gasteiger partial charge on any atom is 0.394 e. The Kier molecular flexibility index (Phi) is 6.59. The second-order valence-electron chi connectivity index (χ2n) is 5.46. The summed E-state index contributed by atoms with van der Waals surface area (Å²) < 4.78 is 10.9. The summed E-state index contributed by atoms with van der Waals surface area (Å²) in [6.07, 6.45) is -0.192. The van der Waals surface area contributed by atoms with Crippen molar-refractivity contribution in [2.45, 2.75) is 52.4 Å². The van der Waals surface area contributed by atoms with E-state index in [4.69, 9.17) is 9.26 Å². The molecule has 0 aliphatic heterocycles. The summed E-state index contributed by atoms with van der Waals surface area (Å²) >= 11 is 0. The molecule has 0 spiro atoms. The fourth-order valence-corrected chi connectivity index (χ4v) is 3.25. The highest BCUT2D eigenvalue weighted by molar-refractivity contribution is 7.64. The van der Waals surface area contributed by atoms with E-state index >= 15 is 0 Å². The SMILES string of the molecule is CC(C)OC(=O)C(C)N[P+](O)(Oc1ccccc1)C(C)C. The van der Waals surface area contributed by atoms with Gasteiger partial charge in [-0.3, -0.25) is 9.32 Å². The number of nitrogens with one attached hydrogen (secondary N) is 1. The number of rotatable bonds is 7. The largest absolute Gasteiger partial charge is 0.462 e. The maximum absolute atomic E-state index is 11.9. The Morgan fingerprint density at radius 1 is 1.14 bits per heavy atom. The van der Waals surface area contributed by atoms with E-state index in [9.17, 15) is 9.69 Å². The fraction of sp³-hybridized carbons (Fsp3) is 0.533. The standard InChI is InChI=1S/C15H25NO4P/c1-11(2)19-15(17)13(5)16-21(18,12(3)4)20-14-9-7-6-8-10-14/h6-13,16,18H,1-5H3/q+1. The van der Waals surface area contributed by atoms with Gasteiger partial charge < -0.3 is 4.74 Å². The van der Waals surface area contributed by atoms with Crippen LogP contribution in [0.4, 0.5) is 0 Å². The van der Waals surface area contributed by atoms with E-state index in [2.05, 4.69) is 5.09 Å². The van der Waals surface area contributed by atoms with E-state index in [-0.39, 0.29) is 11.8 Å². The minimum absolute atomic E-state index is 0.160. The van der Waals surface area contributed by atoms with E-state index < -0.39 is 19.9 Å². The summed E-state index contributed by atoms with van der Waals surface area (Å²) in [4.78, 5) is 22.6. The van der Waals surface area contributed by atoms with E-state index in [0.717, 1.165) is 0 Å². The van der Waals surface area contributed by atoms with Gasteiger partial charge in [-0.05, 0) is 46.8 Å². The lowest BCUT2D eigenvalue weighted by molar-refractivity contribution is -0.149. The van der Waals surface area contributed by atoms with Crippen LogP contribution in [0.5, 0.6) is 5.75 Å². The van der Waals surface area contributed by atoms with Gasteiger partial charge in [-0.1, -0.05) is 18.2 Å². The van der Waals surface area contributed by atoms with Crippen LogP contribution >= 0.6 is 7.87 Å². The molecule has 21 heavy (non-hydrogen) atoms. The molecule has 2 unspecified atom stereocenters. The molecule has 0 saturated heterocycles. The molecule has 0 bridgehead atoms. The van der Waals surface area contributed by atoms with E-state index in [0.29, 0.717) is 5.75 Å². The molecular weight excluding hydrogens is 289 g/mol. The third-order valence-electron chi connectivity index (χ3n) is 2.77. The number of hydrogen-bond acceptors (Lipinski definition) is 5. The Labute approximate surface area is 127 Å². The summed E-state index contributed by atoms with van der Waals surface area (Å²) in [5, 5.41) is 2.92. The predicted octanol–water partition coefficient (Wildman–Crippen LogP) is 3.16. The van der Waals surface area contributed by atoms with Crippen molar-refractivity contribution in [3.63, 3.8) is 0 Å². The Hall–Kier alpha value is -1.16. The van der Waals surface area contributed by atoms with Crippen LogP contribution in [0, 0.1) is 0 Å². The highest BCUT2D eigenvalue weighted by Gasteiger charge is 2.47. The third-order valence-corrected chi connectivity index (χ3v) is 5.42. The van der Waals surface area contributed by atoms with Crippen molar-refractivity contribution < 1.29 is 18.9 Å². The van der Waals surface area contributed by atoms with Crippen LogP contribution in [0.25, 0.3) is 0 Å². The zero-order chi connectivity index (χ0) is 16.0. The first-order chi connectivity index (χ1) is 9.74. The van der Waals surface area contributed by atoms with Crippen LogP contribution in [0.15, 0.2) is 30.3 Å². The number of esters is 1. The maximum atomic E-state index is 11.9. The van der Waals surface area contributed by atoms with Gasteiger partial charge >= 0.3 is 13.8 Å². The number of para-hydroxylation sites is 1. The summed E-state index contributed by atoms with van der Waals surface area (Å²) in [6, 6.07) is 8.43. The first kappa shape index (κ1) is 17.9. The van der Waals surface area contributed by atoms with Gasteiger partial charge in [-0.2, -0.15) is 4.89 Å². The van der Waals surface area contributed by atoms with Crippen LogP contribution in [-0.4, -0.2) is 28.7 Å². The molecule has 2 N–H and O–H groups in total. The molecule has 1 aromatic rings. The van der Waals surface area contributed by atoms with Crippen LogP contribution in [0.1, 0.15) is 34.6 Å². The van der Waals surface area contributed by atoms with Crippen molar-refractivity contribution in [2.75, 3.05) is 0 Å². The smallest absolute Gasteiger partial charge is 0.394 e. The molecule has 2 atom stereocenters. The van der Waals surface area contributed by atoms with Gasteiger partial charge in [0.05, 0.1) is 6.10 Å². The topological polar surface area (TPSA) is 67.8 Å². The lowest BCUT2D eigenvalue weighted by atomic mass is 10.3. The first-order valence-electron chi connectivity index (χ1n) is 7.09. The highest BCUT2D eigenvalue weighted by Crippen LogP contribution is 2.56. The zero-order valence-corrected chi connectivity index (χ0v) is 14.1. The molecule has 0 amide bonds. The van der Waals surface area contributed by atoms with Crippen molar-refractivity contribution in [3.05, 3.63) is 30.3 Å². The molecule has 0 aromatic heterocycles. The molecule has 118 valence electrons. The second kappa shape index (κ2) is 7.74. The van der Waals surface area contributed by atoms with Crippen molar-refractivity contribution in [3.8, 4) is 5.75 Å². The molecule has 0 radical (unpaired) electrons. The van der Waals surface area contributed by atoms with Gasteiger partial charge in [-0.15, -0.1) is 5.09 Å². The minimum Gasteiger partial charge on any atom is -0.462 e. The van der Waals surface area contributed by atoms with Gasteiger partial charge in [-0.25, -0.2) is 0 Å².